The lowest BCUT2D eigenvalue weighted by molar-refractivity contribution is -0.117. The Labute approximate surface area is 172 Å². The van der Waals surface area contributed by atoms with Crippen molar-refractivity contribution in [2.45, 2.75) is 110 Å². The Bertz CT molecular complexity index is 501. The molecule has 0 bridgehead atoms. The first-order chi connectivity index (χ1) is 13.1. The zero-order valence-electron chi connectivity index (χ0n) is 17.5. The molecule has 0 aromatic heterocycles. The summed E-state index contributed by atoms with van der Waals surface area (Å²) in [5.74, 6) is 0.726. The van der Waals surface area contributed by atoms with Crippen LogP contribution >= 0.6 is 11.6 Å². The highest BCUT2D eigenvalue weighted by Crippen LogP contribution is 2.18. The fraction of sp³-hybridized carbons (Fsp3) is 0.708. The molecular formula is C24H39ClO2. The van der Waals surface area contributed by atoms with E-state index in [1.165, 1.54) is 89.0 Å². The largest absolute Gasteiger partial charge is 0.482 e. The van der Waals surface area contributed by atoms with Crippen molar-refractivity contribution in [1.82, 2.24) is 0 Å². The normalized spacial score (nSPS) is 12.1. The van der Waals surface area contributed by atoms with Gasteiger partial charge in [0.2, 0.25) is 0 Å². The molecule has 0 saturated heterocycles. The summed E-state index contributed by atoms with van der Waals surface area (Å²) in [5, 5.41) is -0.461. The third-order valence-electron chi connectivity index (χ3n) is 5.10. The molecule has 0 amide bonds. The van der Waals surface area contributed by atoms with Crippen LogP contribution in [-0.2, 0) is 11.2 Å². The van der Waals surface area contributed by atoms with Crippen LogP contribution in [-0.4, -0.2) is 11.3 Å². The zero-order valence-corrected chi connectivity index (χ0v) is 18.2. The maximum absolute atomic E-state index is 11.1. The van der Waals surface area contributed by atoms with E-state index in [1.807, 2.05) is 18.2 Å². The molecule has 0 spiro atoms. The lowest BCUT2D eigenvalue weighted by atomic mass is 10.0. The van der Waals surface area contributed by atoms with Gasteiger partial charge in [-0.25, -0.2) is 0 Å². The Morgan fingerprint density at radius 1 is 0.889 bits per heavy atom. The SMILES string of the molecule is CCCCCCCCCCCCCCCc1cccc(OC(C)C(=O)Cl)c1. The summed E-state index contributed by atoms with van der Waals surface area (Å²) < 4.78 is 5.55. The topological polar surface area (TPSA) is 26.3 Å². The van der Waals surface area contributed by atoms with Gasteiger partial charge in [-0.05, 0) is 49.1 Å². The molecule has 154 valence electrons. The highest BCUT2D eigenvalue weighted by molar-refractivity contribution is 6.64. The van der Waals surface area contributed by atoms with E-state index in [9.17, 15) is 4.79 Å². The van der Waals surface area contributed by atoms with Gasteiger partial charge >= 0.3 is 0 Å². The van der Waals surface area contributed by atoms with Crippen molar-refractivity contribution in [3.8, 4) is 5.75 Å². The second-order valence-electron chi connectivity index (χ2n) is 7.70. The quantitative estimate of drug-likeness (QED) is 0.198. The van der Waals surface area contributed by atoms with Gasteiger partial charge in [0.1, 0.15) is 5.75 Å². The lowest BCUT2D eigenvalue weighted by Crippen LogP contribution is -2.18. The molecule has 0 aliphatic carbocycles. The predicted octanol–water partition coefficient (Wildman–Crippen LogP) is 7.85. The molecule has 1 atom stereocenters. The Morgan fingerprint density at radius 3 is 1.93 bits per heavy atom. The summed E-state index contributed by atoms with van der Waals surface area (Å²) in [5.41, 5.74) is 1.27. The smallest absolute Gasteiger partial charge is 0.262 e. The molecule has 1 unspecified atom stereocenters. The van der Waals surface area contributed by atoms with Gasteiger partial charge in [0.05, 0.1) is 0 Å². The van der Waals surface area contributed by atoms with Crippen LogP contribution in [0.4, 0.5) is 0 Å². The van der Waals surface area contributed by atoms with E-state index in [0.29, 0.717) is 0 Å². The first-order valence-corrected chi connectivity index (χ1v) is 11.5. The second-order valence-corrected chi connectivity index (χ2v) is 8.08. The lowest BCUT2D eigenvalue weighted by Gasteiger charge is -2.11. The number of unbranched alkanes of at least 4 members (excludes halogenated alkanes) is 12. The highest BCUT2D eigenvalue weighted by Gasteiger charge is 2.11. The first-order valence-electron chi connectivity index (χ1n) is 11.1. The molecule has 1 aromatic rings. The molecule has 0 aliphatic rings. The molecule has 0 N–H and O–H groups in total. The van der Waals surface area contributed by atoms with Crippen molar-refractivity contribution < 1.29 is 9.53 Å². The van der Waals surface area contributed by atoms with Crippen LogP contribution in [0.3, 0.4) is 0 Å². The van der Waals surface area contributed by atoms with Crippen LogP contribution in [0.15, 0.2) is 24.3 Å². The molecule has 0 heterocycles. The number of halogens is 1. The molecular weight excluding hydrogens is 356 g/mol. The fourth-order valence-corrected chi connectivity index (χ4v) is 3.42. The summed E-state index contributed by atoms with van der Waals surface area (Å²) in [6, 6.07) is 8.01. The van der Waals surface area contributed by atoms with E-state index in [1.54, 1.807) is 6.92 Å². The molecule has 2 nitrogen and oxygen atoms in total. The maximum Gasteiger partial charge on any atom is 0.262 e. The third kappa shape index (κ3) is 12.9. The number of rotatable bonds is 17. The summed E-state index contributed by atoms with van der Waals surface area (Å²) >= 11 is 5.45. The summed E-state index contributed by atoms with van der Waals surface area (Å²) in [4.78, 5) is 11.1. The van der Waals surface area contributed by atoms with E-state index >= 15 is 0 Å². The van der Waals surface area contributed by atoms with Gasteiger partial charge in [-0.3, -0.25) is 4.79 Å². The van der Waals surface area contributed by atoms with Crippen LogP contribution in [0, 0.1) is 0 Å². The monoisotopic (exact) mass is 394 g/mol. The minimum atomic E-state index is -0.599. The van der Waals surface area contributed by atoms with Crippen molar-refractivity contribution in [3.63, 3.8) is 0 Å². The maximum atomic E-state index is 11.1. The molecule has 1 rings (SSSR count). The molecule has 0 radical (unpaired) electrons. The molecule has 0 saturated carbocycles. The van der Waals surface area contributed by atoms with Gasteiger partial charge in [0.25, 0.3) is 5.24 Å². The van der Waals surface area contributed by atoms with Gasteiger partial charge in [-0.15, -0.1) is 0 Å². The summed E-state index contributed by atoms with van der Waals surface area (Å²) in [6.07, 6.45) is 18.4. The van der Waals surface area contributed by atoms with E-state index in [-0.39, 0.29) is 0 Å². The van der Waals surface area contributed by atoms with Crippen molar-refractivity contribution >= 4 is 16.8 Å². The van der Waals surface area contributed by atoms with Gasteiger partial charge in [-0.2, -0.15) is 0 Å². The molecule has 0 aliphatic heterocycles. The van der Waals surface area contributed by atoms with Crippen molar-refractivity contribution in [3.05, 3.63) is 29.8 Å². The number of carbonyl (C=O) groups excluding carboxylic acids is 1. The molecule has 3 heteroatoms. The van der Waals surface area contributed by atoms with Crippen LogP contribution in [0.1, 0.15) is 103 Å². The van der Waals surface area contributed by atoms with Crippen LogP contribution < -0.4 is 4.74 Å². The number of hydrogen-bond donors (Lipinski definition) is 0. The molecule has 27 heavy (non-hydrogen) atoms. The Kier molecular flexibility index (Phi) is 14.2. The van der Waals surface area contributed by atoms with Crippen LogP contribution in [0.2, 0.25) is 0 Å². The van der Waals surface area contributed by atoms with E-state index < -0.39 is 11.3 Å². The molecule has 0 fully saturated rings. The zero-order chi connectivity index (χ0) is 19.7. The molecule has 1 aromatic carbocycles. The average Bonchev–Trinajstić information content (AvgIpc) is 2.65. The second kappa shape index (κ2) is 16.0. The van der Waals surface area contributed by atoms with Gasteiger partial charge in [0, 0.05) is 0 Å². The van der Waals surface area contributed by atoms with Gasteiger partial charge in [0.15, 0.2) is 6.10 Å². The minimum absolute atomic E-state index is 0.461. The minimum Gasteiger partial charge on any atom is -0.482 e. The summed E-state index contributed by atoms with van der Waals surface area (Å²) in [6.45, 7) is 3.95. The summed E-state index contributed by atoms with van der Waals surface area (Å²) in [7, 11) is 0. The number of ether oxygens (including phenoxy) is 1. The standard InChI is InChI=1S/C24H39ClO2/c1-3-4-5-6-7-8-9-10-11-12-13-14-15-17-22-18-16-19-23(20-22)27-21(2)24(25)26/h16,18-21H,3-15,17H2,1-2H3. The van der Waals surface area contributed by atoms with Gasteiger partial charge in [-0.1, -0.05) is 96.1 Å². The van der Waals surface area contributed by atoms with Crippen molar-refractivity contribution in [2.24, 2.45) is 0 Å². The van der Waals surface area contributed by atoms with Gasteiger partial charge < -0.3 is 4.74 Å². The van der Waals surface area contributed by atoms with Crippen LogP contribution in [0.25, 0.3) is 0 Å². The number of hydrogen-bond acceptors (Lipinski definition) is 2. The third-order valence-corrected chi connectivity index (χ3v) is 5.41. The Balaban J connectivity index is 2.00. The van der Waals surface area contributed by atoms with E-state index in [0.717, 1.165) is 12.2 Å². The van der Waals surface area contributed by atoms with Crippen molar-refractivity contribution in [2.75, 3.05) is 0 Å². The highest BCUT2D eigenvalue weighted by atomic mass is 35.5. The predicted molar refractivity (Wildman–Crippen MR) is 117 cm³/mol. The first kappa shape index (κ1) is 24.0. The van der Waals surface area contributed by atoms with Crippen LogP contribution in [0.5, 0.6) is 5.75 Å². The Morgan fingerprint density at radius 2 is 1.41 bits per heavy atom. The van der Waals surface area contributed by atoms with E-state index in [4.69, 9.17) is 16.3 Å². The number of benzene rings is 1. The average molecular weight is 395 g/mol. The fourth-order valence-electron chi connectivity index (χ4n) is 3.37. The van der Waals surface area contributed by atoms with Crippen molar-refractivity contribution in [1.29, 1.82) is 0 Å². The number of carbonyl (C=O) groups is 1. The Hall–Kier alpha value is -1.02. The number of aryl methyl sites for hydroxylation is 1. The van der Waals surface area contributed by atoms with E-state index in [2.05, 4.69) is 13.0 Å².